The zero-order valence-corrected chi connectivity index (χ0v) is 8.34. The highest BCUT2D eigenvalue weighted by molar-refractivity contribution is 5.96. The Morgan fingerprint density at radius 1 is 1.73 bits per heavy atom. The maximum atomic E-state index is 11.1. The molecule has 0 amide bonds. The Labute approximate surface area is 85.7 Å². The highest BCUT2D eigenvalue weighted by Gasteiger charge is 2.17. The summed E-state index contributed by atoms with van der Waals surface area (Å²) in [4.78, 5) is 19.7. The van der Waals surface area contributed by atoms with E-state index in [-0.39, 0.29) is 11.5 Å². The first-order valence-corrected chi connectivity index (χ1v) is 4.06. The fourth-order valence-electron chi connectivity index (χ4n) is 1.08. The largest absolute Gasteiger partial charge is 0.409 e. The summed E-state index contributed by atoms with van der Waals surface area (Å²) in [5.74, 6) is -0.103. The Balaban J connectivity index is 3.14. The topological polar surface area (TPSA) is 101 Å². The van der Waals surface area contributed by atoms with Gasteiger partial charge in [0.15, 0.2) is 12.9 Å². The molecule has 7 nitrogen and oxygen atoms in total. The van der Waals surface area contributed by atoms with E-state index >= 15 is 0 Å². The summed E-state index contributed by atoms with van der Waals surface area (Å²) in [5.41, 5.74) is 6.55. The van der Waals surface area contributed by atoms with Crippen molar-refractivity contribution < 1.29 is 15.0 Å². The van der Waals surface area contributed by atoms with Crippen LogP contribution in [0.25, 0.3) is 0 Å². The highest BCUT2D eigenvalue weighted by Crippen LogP contribution is 2.14. The molecule has 0 saturated carbocycles. The summed E-state index contributed by atoms with van der Waals surface area (Å²) >= 11 is 0. The van der Waals surface area contributed by atoms with Crippen LogP contribution in [0, 0.1) is 11.8 Å². The summed E-state index contributed by atoms with van der Waals surface area (Å²) in [7, 11) is 1.25. The Bertz CT molecular complexity index is 416. The van der Waals surface area contributed by atoms with Gasteiger partial charge in [-0.3, -0.25) is 0 Å². The summed E-state index contributed by atoms with van der Waals surface area (Å²) in [5, 5.41) is 11.3. The van der Waals surface area contributed by atoms with Gasteiger partial charge < -0.3 is 10.9 Å². The minimum Gasteiger partial charge on any atom is -0.409 e. The van der Waals surface area contributed by atoms with Gasteiger partial charge in [0, 0.05) is 6.07 Å². The van der Waals surface area contributed by atoms with Crippen molar-refractivity contribution in [3.8, 4) is 0 Å². The predicted molar refractivity (Wildman–Crippen MR) is 51.8 cm³/mol. The van der Waals surface area contributed by atoms with Crippen molar-refractivity contribution in [3.05, 3.63) is 28.4 Å². The first-order chi connectivity index (χ1) is 7.10. The number of nitrogens with zero attached hydrogens (tertiary/aromatic N) is 3. The molecule has 80 valence electrons. The average molecular weight is 211 g/mol. The molecular weight excluding hydrogens is 200 g/mol. The summed E-state index contributed by atoms with van der Waals surface area (Å²) in [6.45, 7) is 1.69. The number of hydrogen-bond acceptors (Lipinski definition) is 5. The van der Waals surface area contributed by atoms with E-state index in [1.165, 1.54) is 19.4 Å². The van der Waals surface area contributed by atoms with Crippen LogP contribution in [0.1, 0.15) is 11.3 Å². The van der Waals surface area contributed by atoms with Crippen molar-refractivity contribution in [1.82, 2.24) is 4.98 Å². The smallest absolute Gasteiger partial charge is 0.335 e. The zero-order chi connectivity index (χ0) is 11.4. The van der Waals surface area contributed by atoms with Gasteiger partial charge in [-0.25, -0.2) is 9.82 Å². The molecule has 0 atom stereocenters. The van der Waals surface area contributed by atoms with Crippen molar-refractivity contribution in [3.63, 3.8) is 0 Å². The van der Waals surface area contributed by atoms with Crippen molar-refractivity contribution in [2.75, 3.05) is 7.11 Å². The van der Waals surface area contributed by atoms with Crippen molar-refractivity contribution >= 4 is 11.5 Å². The van der Waals surface area contributed by atoms with Crippen LogP contribution in [0.3, 0.4) is 0 Å². The van der Waals surface area contributed by atoms with Crippen LogP contribution in [-0.4, -0.2) is 28.1 Å². The molecule has 0 radical (unpaired) electrons. The Kier molecular flexibility index (Phi) is 3.17. The van der Waals surface area contributed by atoms with Crippen LogP contribution >= 0.6 is 0 Å². The molecule has 0 aliphatic heterocycles. The molecule has 3 N–H and O–H groups in total. The van der Waals surface area contributed by atoms with E-state index < -0.39 is 0 Å². The molecule has 1 aromatic rings. The quantitative estimate of drug-likeness (QED) is 0.327. The maximum absolute atomic E-state index is 11.1. The molecule has 0 aliphatic carbocycles. The van der Waals surface area contributed by atoms with Gasteiger partial charge in [-0.05, 0) is 12.5 Å². The van der Waals surface area contributed by atoms with E-state index in [0.717, 1.165) is 0 Å². The molecule has 0 saturated heterocycles. The van der Waals surface area contributed by atoms with Gasteiger partial charge in [-0.15, -0.1) is 0 Å². The second kappa shape index (κ2) is 4.36. The van der Waals surface area contributed by atoms with Crippen LogP contribution in [-0.2, 0) is 4.84 Å². The van der Waals surface area contributed by atoms with E-state index in [1.54, 1.807) is 6.92 Å². The third kappa shape index (κ3) is 2.19. The molecule has 1 aromatic heterocycles. The van der Waals surface area contributed by atoms with E-state index in [1.807, 2.05) is 0 Å². The van der Waals surface area contributed by atoms with Crippen LogP contribution in [0.5, 0.6) is 0 Å². The number of pyridine rings is 1. The van der Waals surface area contributed by atoms with Crippen LogP contribution in [0.4, 0.5) is 5.69 Å². The Morgan fingerprint density at radius 2 is 2.40 bits per heavy atom. The lowest BCUT2D eigenvalue weighted by molar-refractivity contribution is -0.736. The summed E-state index contributed by atoms with van der Waals surface area (Å²) < 4.78 is 0. The van der Waals surface area contributed by atoms with Crippen LogP contribution in [0.2, 0.25) is 0 Å². The number of rotatable bonds is 3. The highest BCUT2D eigenvalue weighted by atomic mass is 16.8. The van der Waals surface area contributed by atoms with Crippen LogP contribution in [0.15, 0.2) is 17.4 Å². The molecule has 1 heterocycles. The van der Waals surface area contributed by atoms with E-state index in [0.29, 0.717) is 16.2 Å². The number of hydrogen-bond donors (Lipinski definition) is 2. The predicted octanol–water partition coefficient (Wildman–Crippen LogP) is 0.456. The third-order valence-corrected chi connectivity index (χ3v) is 1.79. The standard InChI is InChI=1S/C8H10N4O3/c1-5-3-6(12(14)15-2)4-10-7(5)8(9)11-13/h3-4H,1-2H3,(H2-,9,11,13)/p+1. The van der Waals surface area contributed by atoms with Gasteiger partial charge in [-0.1, -0.05) is 5.16 Å². The molecule has 0 aromatic carbocycles. The lowest BCUT2D eigenvalue weighted by Crippen LogP contribution is -2.16. The number of oxime groups is 1. The van der Waals surface area contributed by atoms with Crippen molar-refractivity contribution in [2.24, 2.45) is 10.9 Å². The summed E-state index contributed by atoms with van der Waals surface area (Å²) in [6, 6.07) is 1.52. The lowest BCUT2D eigenvalue weighted by Gasteiger charge is -2.00. The van der Waals surface area contributed by atoms with Crippen molar-refractivity contribution in [1.29, 1.82) is 0 Å². The minimum atomic E-state index is -0.103. The van der Waals surface area contributed by atoms with Crippen LogP contribution < -0.4 is 5.73 Å². The number of nitrogens with two attached hydrogens (primary N) is 1. The molecule has 0 bridgehead atoms. The maximum Gasteiger partial charge on any atom is 0.335 e. The number of aryl methyl sites for hydroxylation is 1. The van der Waals surface area contributed by atoms with E-state index in [9.17, 15) is 4.91 Å². The SMILES string of the molecule is CO[N+](=O)c1cnc(/C(N)=N/O)c(C)c1. The minimum absolute atomic E-state index is 0.103. The van der Waals surface area contributed by atoms with Crippen molar-refractivity contribution in [2.45, 2.75) is 6.92 Å². The molecule has 0 fully saturated rings. The average Bonchev–Trinajstić information content (AvgIpc) is 2.26. The van der Waals surface area contributed by atoms with Gasteiger partial charge in [0.2, 0.25) is 0 Å². The van der Waals surface area contributed by atoms with Gasteiger partial charge in [0.05, 0.1) is 4.91 Å². The van der Waals surface area contributed by atoms with E-state index in [4.69, 9.17) is 10.9 Å². The van der Waals surface area contributed by atoms with E-state index in [2.05, 4.69) is 15.0 Å². The van der Waals surface area contributed by atoms with Gasteiger partial charge in [-0.2, -0.15) is 0 Å². The molecule has 7 heteroatoms. The van der Waals surface area contributed by atoms with Gasteiger partial charge in [0.25, 0.3) is 4.92 Å². The van der Waals surface area contributed by atoms with Gasteiger partial charge in [0.1, 0.15) is 11.9 Å². The Hall–Kier alpha value is -2.18. The monoisotopic (exact) mass is 211 g/mol. The molecule has 0 spiro atoms. The Morgan fingerprint density at radius 3 is 2.87 bits per heavy atom. The molecule has 1 rings (SSSR count). The number of aromatic nitrogens is 1. The molecule has 15 heavy (non-hydrogen) atoms. The second-order valence-corrected chi connectivity index (χ2v) is 2.78. The first kappa shape index (κ1) is 10.9. The lowest BCUT2D eigenvalue weighted by atomic mass is 10.2. The summed E-state index contributed by atoms with van der Waals surface area (Å²) in [6.07, 6.45) is 1.27. The molecule has 0 aliphatic rings. The third-order valence-electron chi connectivity index (χ3n) is 1.79. The normalized spacial score (nSPS) is 11.2. The molecule has 0 unspecified atom stereocenters. The number of amidine groups is 1. The second-order valence-electron chi connectivity index (χ2n) is 2.78. The fraction of sp³-hybridized carbons (Fsp3) is 0.250. The molecular formula is C8H11N4O3+. The fourth-order valence-corrected chi connectivity index (χ4v) is 1.08. The first-order valence-electron chi connectivity index (χ1n) is 4.06. The van der Waals surface area contributed by atoms with Gasteiger partial charge >= 0.3 is 5.69 Å². The zero-order valence-electron chi connectivity index (χ0n) is 8.34.